The quantitative estimate of drug-likeness (QED) is 0.228. The molecule has 0 saturated carbocycles. The summed E-state index contributed by atoms with van der Waals surface area (Å²) in [7, 11) is -6.98. The molecule has 2 aromatic rings. The molecule has 2 heterocycles. The molecule has 0 bridgehead atoms. The summed E-state index contributed by atoms with van der Waals surface area (Å²) in [5.41, 5.74) is 0. The van der Waals surface area contributed by atoms with E-state index in [0.717, 1.165) is 25.2 Å². The van der Waals surface area contributed by atoms with E-state index in [0.29, 0.717) is 10.9 Å². The number of halogens is 9. The van der Waals surface area contributed by atoms with Crippen molar-refractivity contribution >= 4 is 31.8 Å². The van der Waals surface area contributed by atoms with Crippen molar-refractivity contribution in [3.63, 3.8) is 0 Å². The summed E-state index contributed by atoms with van der Waals surface area (Å²) >= 11 is 0. The van der Waals surface area contributed by atoms with Gasteiger partial charge >= 0.3 is 23.3 Å². The lowest BCUT2D eigenvalue weighted by Gasteiger charge is -2.34. The van der Waals surface area contributed by atoms with E-state index in [1.807, 2.05) is 0 Å². The molecule has 2 saturated heterocycles. The van der Waals surface area contributed by atoms with Crippen molar-refractivity contribution in [2.45, 2.75) is 60.1 Å². The van der Waals surface area contributed by atoms with Crippen LogP contribution in [-0.2, 0) is 25.7 Å². The normalized spacial score (nSPS) is 19.9. The fourth-order valence-corrected chi connectivity index (χ4v) is 6.71. The minimum Gasteiger partial charge on any atom is -0.743 e. The zero-order chi connectivity index (χ0) is 28.6. The molecule has 0 N–H and O–H groups in total. The standard InChI is InChI=1S/C18H21O2S.C4HF9O3S/c1-2-7-15-14(6-1)16(20-18-8-5-11-19-18)9-10-17(15)21-12-3-4-13-21;5-1(6,3(9,10)11)2(7,8)4(12,13)17(14,15)16/h1-2,6-7,9-10,18H,3-5,8,11-13H2;(H,14,15,16)/q+1;/p-1. The lowest BCUT2D eigenvalue weighted by atomic mass is 10.1. The summed E-state index contributed by atoms with van der Waals surface area (Å²) in [6.45, 7) is 0.824. The fraction of sp³-hybridized carbons (Fsp3) is 0.545. The average Bonchev–Trinajstić information content (AvgIpc) is 3.53. The van der Waals surface area contributed by atoms with Gasteiger partial charge in [-0.25, -0.2) is 8.42 Å². The average molecular weight is 601 g/mol. The van der Waals surface area contributed by atoms with Crippen molar-refractivity contribution < 1.29 is 62.0 Å². The van der Waals surface area contributed by atoms with Gasteiger partial charge < -0.3 is 14.0 Å². The predicted molar refractivity (Wildman–Crippen MR) is 119 cm³/mol. The molecule has 0 amide bonds. The van der Waals surface area contributed by atoms with E-state index in [4.69, 9.17) is 9.47 Å². The third-order valence-corrected chi connectivity index (χ3v) is 9.19. The number of alkyl halides is 9. The SMILES string of the molecule is O=S(=O)([O-])C(F)(F)C(F)(F)C(F)(F)C(F)(F)F.c1ccc2c([S+]3CCCC3)ccc(OC3CCCO3)c2c1. The summed E-state index contributed by atoms with van der Waals surface area (Å²) in [5, 5.41) is -4.50. The van der Waals surface area contributed by atoms with Crippen LogP contribution in [0.25, 0.3) is 10.8 Å². The monoisotopic (exact) mass is 600 g/mol. The molecule has 38 heavy (non-hydrogen) atoms. The van der Waals surface area contributed by atoms with Gasteiger partial charge in [0.15, 0.2) is 21.3 Å². The zero-order valence-corrected chi connectivity index (χ0v) is 20.9. The smallest absolute Gasteiger partial charge is 0.460 e. The lowest BCUT2D eigenvalue weighted by Crippen LogP contribution is -2.63. The van der Waals surface area contributed by atoms with E-state index in [9.17, 15) is 52.5 Å². The Morgan fingerprint density at radius 3 is 1.92 bits per heavy atom. The van der Waals surface area contributed by atoms with Crippen LogP contribution >= 0.6 is 0 Å². The van der Waals surface area contributed by atoms with Crippen LogP contribution in [0.1, 0.15) is 25.7 Å². The highest BCUT2D eigenvalue weighted by molar-refractivity contribution is 7.97. The number of benzene rings is 2. The molecule has 214 valence electrons. The molecule has 0 aromatic heterocycles. The molecule has 2 aliphatic heterocycles. The van der Waals surface area contributed by atoms with Crippen LogP contribution in [0, 0.1) is 0 Å². The number of ether oxygens (including phenoxy) is 2. The topological polar surface area (TPSA) is 75.7 Å². The van der Waals surface area contributed by atoms with E-state index < -0.39 is 33.4 Å². The van der Waals surface area contributed by atoms with E-state index in [2.05, 4.69) is 36.4 Å². The van der Waals surface area contributed by atoms with Crippen LogP contribution in [0.5, 0.6) is 5.75 Å². The second-order valence-corrected chi connectivity index (χ2v) is 12.1. The van der Waals surface area contributed by atoms with Crippen molar-refractivity contribution in [1.82, 2.24) is 0 Å². The van der Waals surface area contributed by atoms with E-state index in [-0.39, 0.29) is 6.29 Å². The third-order valence-electron chi connectivity index (χ3n) is 5.76. The first-order valence-electron chi connectivity index (χ1n) is 11.0. The first-order chi connectivity index (χ1) is 17.4. The maximum atomic E-state index is 12.2. The molecule has 2 aliphatic rings. The second kappa shape index (κ2) is 10.9. The fourth-order valence-electron chi connectivity index (χ4n) is 3.77. The van der Waals surface area contributed by atoms with Gasteiger partial charge in [0.1, 0.15) is 17.3 Å². The van der Waals surface area contributed by atoms with Crippen molar-refractivity contribution in [2.24, 2.45) is 0 Å². The Kier molecular flexibility index (Phi) is 8.81. The minimum atomic E-state index is -7.43. The predicted octanol–water partition coefficient (Wildman–Crippen LogP) is 6.08. The van der Waals surface area contributed by atoms with Gasteiger partial charge in [-0.2, -0.15) is 39.5 Å². The summed E-state index contributed by atoms with van der Waals surface area (Å²) in [4.78, 5) is 1.53. The first kappa shape index (κ1) is 30.6. The van der Waals surface area contributed by atoms with Crippen molar-refractivity contribution in [3.05, 3.63) is 36.4 Å². The van der Waals surface area contributed by atoms with Crippen molar-refractivity contribution in [1.29, 1.82) is 0 Å². The maximum absolute atomic E-state index is 12.2. The highest BCUT2D eigenvalue weighted by Crippen LogP contribution is 2.54. The molecule has 2 fully saturated rings. The van der Waals surface area contributed by atoms with Gasteiger partial charge in [0.2, 0.25) is 0 Å². The molecule has 0 radical (unpaired) electrons. The highest BCUT2D eigenvalue weighted by Gasteiger charge is 2.83. The van der Waals surface area contributed by atoms with Gasteiger partial charge in [-0.15, -0.1) is 0 Å². The molecule has 1 atom stereocenters. The van der Waals surface area contributed by atoms with Gasteiger partial charge in [0, 0.05) is 28.1 Å². The molecule has 5 nitrogen and oxygen atoms in total. The summed E-state index contributed by atoms with van der Waals surface area (Å²) in [6, 6.07) is 13.1. The molecule has 2 aromatic carbocycles. The Balaban J connectivity index is 0.000000217. The van der Waals surface area contributed by atoms with Crippen LogP contribution in [0.2, 0.25) is 0 Å². The molecule has 1 unspecified atom stereocenters. The highest BCUT2D eigenvalue weighted by atomic mass is 32.2. The Morgan fingerprint density at radius 1 is 0.842 bits per heavy atom. The first-order valence-corrected chi connectivity index (χ1v) is 14.0. The molecule has 0 spiro atoms. The summed E-state index contributed by atoms with van der Waals surface area (Å²) in [5.74, 6) is -11.1. The molecular weight excluding hydrogens is 579 g/mol. The lowest BCUT2D eigenvalue weighted by molar-refractivity contribution is -0.382. The maximum Gasteiger partial charge on any atom is 0.460 e. The third kappa shape index (κ3) is 5.82. The Morgan fingerprint density at radius 2 is 1.42 bits per heavy atom. The summed E-state index contributed by atoms with van der Waals surface area (Å²) in [6.07, 6.45) is -2.36. The largest absolute Gasteiger partial charge is 0.743 e. The van der Waals surface area contributed by atoms with Crippen LogP contribution in [0.4, 0.5) is 39.5 Å². The van der Waals surface area contributed by atoms with Gasteiger partial charge in [-0.1, -0.05) is 18.2 Å². The van der Waals surface area contributed by atoms with Crippen LogP contribution in [0.3, 0.4) is 0 Å². The summed E-state index contributed by atoms with van der Waals surface area (Å²) < 4.78 is 147. The van der Waals surface area contributed by atoms with Crippen molar-refractivity contribution in [2.75, 3.05) is 18.1 Å². The Bertz CT molecular complexity index is 1220. The Hall–Kier alpha value is -1.91. The van der Waals surface area contributed by atoms with Crippen molar-refractivity contribution in [3.8, 4) is 5.75 Å². The van der Waals surface area contributed by atoms with Gasteiger partial charge in [-0.05, 0) is 37.5 Å². The van der Waals surface area contributed by atoms with Crippen LogP contribution in [-0.4, -0.2) is 60.6 Å². The zero-order valence-electron chi connectivity index (χ0n) is 19.3. The number of rotatable bonds is 6. The number of hydrogen-bond acceptors (Lipinski definition) is 5. The number of hydrogen-bond donors (Lipinski definition) is 0. The van der Waals surface area contributed by atoms with E-state index in [1.165, 1.54) is 40.0 Å². The molecular formula is C22H21F9O5S2. The molecule has 16 heteroatoms. The second-order valence-electron chi connectivity index (χ2n) is 8.39. The Labute approximate surface area is 214 Å². The number of fused-ring (bicyclic) bond motifs is 1. The van der Waals surface area contributed by atoms with Crippen LogP contribution < -0.4 is 4.74 Å². The molecule has 4 rings (SSSR count). The van der Waals surface area contributed by atoms with Crippen LogP contribution in [0.15, 0.2) is 41.3 Å². The van der Waals surface area contributed by atoms with E-state index in [1.54, 1.807) is 0 Å². The van der Waals surface area contributed by atoms with E-state index >= 15 is 0 Å². The van der Waals surface area contributed by atoms with Gasteiger partial charge in [0.25, 0.3) is 0 Å². The minimum absolute atomic E-state index is 0.0619. The van der Waals surface area contributed by atoms with Gasteiger partial charge in [-0.3, -0.25) is 0 Å². The molecule has 0 aliphatic carbocycles. The van der Waals surface area contributed by atoms with Gasteiger partial charge in [0.05, 0.1) is 6.61 Å².